The SMILES string of the molecule is CC(C)c1nc(C(N)C(C)C)sc1C(=O)O. The average Bonchev–Trinajstić information content (AvgIpc) is 2.60. The molecule has 1 atom stereocenters. The van der Waals surface area contributed by atoms with Gasteiger partial charge in [-0.1, -0.05) is 27.7 Å². The van der Waals surface area contributed by atoms with Crippen molar-refractivity contribution in [2.45, 2.75) is 39.7 Å². The highest BCUT2D eigenvalue weighted by atomic mass is 32.1. The van der Waals surface area contributed by atoms with Gasteiger partial charge >= 0.3 is 5.97 Å². The summed E-state index contributed by atoms with van der Waals surface area (Å²) in [5.41, 5.74) is 6.62. The first-order chi connectivity index (χ1) is 7.34. The predicted octanol–water partition coefficient (Wildman–Crippen LogP) is 2.62. The van der Waals surface area contributed by atoms with Gasteiger partial charge in [-0.15, -0.1) is 11.3 Å². The number of nitrogens with zero attached hydrogens (tertiary/aromatic N) is 1. The largest absolute Gasteiger partial charge is 0.477 e. The number of aromatic carboxylic acids is 1. The van der Waals surface area contributed by atoms with Gasteiger partial charge in [0, 0.05) is 0 Å². The van der Waals surface area contributed by atoms with Crippen molar-refractivity contribution in [3.8, 4) is 0 Å². The Hall–Kier alpha value is -0.940. The van der Waals surface area contributed by atoms with E-state index in [1.54, 1.807) is 0 Å². The van der Waals surface area contributed by atoms with Crippen molar-refractivity contribution < 1.29 is 9.90 Å². The Morgan fingerprint density at radius 1 is 1.38 bits per heavy atom. The monoisotopic (exact) mass is 242 g/mol. The van der Waals surface area contributed by atoms with Gasteiger partial charge in [0.2, 0.25) is 0 Å². The third-order valence-corrected chi connectivity index (χ3v) is 3.57. The standard InChI is InChI=1S/C11H18N2O2S/c1-5(2)7(12)10-13-8(6(3)4)9(16-10)11(14)15/h5-7H,12H2,1-4H3,(H,14,15). The van der Waals surface area contributed by atoms with Crippen LogP contribution in [0.3, 0.4) is 0 Å². The minimum absolute atomic E-state index is 0.107. The summed E-state index contributed by atoms with van der Waals surface area (Å²) < 4.78 is 0. The average molecular weight is 242 g/mol. The van der Waals surface area contributed by atoms with Crippen molar-refractivity contribution in [1.29, 1.82) is 0 Å². The Morgan fingerprint density at radius 3 is 2.25 bits per heavy atom. The predicted molar refractivity (Wildman–Crippen MR) is 64.9 cm³/mol. The quantitative estimate of drug-likeness (QED) is 0.851. The lowest BCUT2D eigenvalue weighted by Gasteiger charge is -2.11. The van der Waals surface area contributed by atoms with Crippen LogP contribution in [-0.2, 0) is 0 Å². The molecular weight excluding hydrogens is 224 g/mol. The second-order valence-corrected chi connectivity index (χ2v) is 5.53. The van der Waals surface area contributed by atoms with Crippen LogP contribution in [0.1, 0.15) is 60.0 Å². The van der Waals surface area contributed by atoms with Gasteiger partial charge in [-0.3, -0.25) is 0 Å². The molecule has 3 N–H and O–H groups in total. The number of thiazole rings is 1. The molecular formula is C11H18N2O2S. The van der Waals surface area contributed by atoms with Crippen molar-refractivity contribution in [1.82, 2.24) is 4.98 Å². The minimum atomic E-state index is -0.914. The molecule has 0 aliphatic heterocycles. The normalized spacial score (nSPS) is 13.4. The molecule has 0 fully saturated rings. The highest BCUT2D eigenvalue weighted by Gasteiger charge is 2.23. The van der Waals surface area contributed by atoms with Gasteiger partial charge in [0.1, 0.15) is 9.88 Å². The third-order valence-electron chi connectivity index (χ3n) is 2.41. The van der Waals surface area contributed by atoms with Crippen LogP contribution in [0.25, 0.3) is 0 Å². The van der Waals surface area contributed by atoms with Crippen LogP contribution >= 0.6 is 11.3 Å². The fourth-order valence-corrected chi connectivity index (χ4v) is 2.56. The summed E-state index contributed by atoms with van der Waals surface area (Å²) in [5, 5.41) is 9.80. The van der Waals surface area contributed by atoms with Gasteiger partial charge in [-0.25, -0.2) is 9.78 Å². The lowest BCUT2D eigenvalue weighted by Crippen LogP contribution is -2.16. The molecule has 0 saturated carbocycles. The lowest BCUT2D eigenvalue weighted by molar-refractivity contribution is 0.0700. The summed E-state index contributed by atoms with van der Waals surface area (Å²) in [6.07, 6.45) is 0. The Kier molecular flexibility index (Phi) is 4.04. The number of hydrogen-bond acceptors (Lipinski definition) is 4. The molecule has 4 nitrogen and oxygen atoms in total. The minimum Gasteiger partial charge on any atom is -0.477 e. The van der Waals surface area contributed by atoms with Crippen LogP contribution in [0.2, 0.25) is 0 Å². The summed E-state index contributed by atoms with van der Waals surface area (Å²) in [6.45, 7) is 7.88. The Morgan fingerprint density at radius 2 is 1.94 bits per heavy atom. The zero-order valence-electron chi connectivity index (χ0n) is 10.0. The summed E-state index contributed by atoms with van der Waals surface area (Å²) >= 11 is 1.20. The van der Waals surface area contributed by atoms with E-state index in [9.17, 15) is 4.79 Å². The summed E-state index contributed by atoms with van der Waals surface area (Å²) in [6, 6.07) is -0.185. The number of nitrogens with two attached hydrogens (primary N) is 1. The van der Waals surface area contributed by atoms with E-state index < -0.39 is 5.97 Å². The molecule has 1 aromatic rings. The molecule has 5 heteroatoms. The molecule has 1 heterocycles. The lowest BCUT2D eigenvalue weighted by atomic mass is 10.1. The second kappa shape index (κ2) is 4.93. The third kappa shape index (κ3) is 2.59. The fourth-order valence-electron chi connectivity index (χ4n) is 1.32. The van der Waals surface area contributed by atoms with Gasteiger partial charge in [0.25, 0.3) is 0 Å². The van der Waals surface area contributed by atoms with Gasteiger partial charge in [0.15, 0.2) is 0 Å². The van der Waals surface area contributed by atoms with E-state index in [2.05, 4.69) is 4.98 Å². The summed E-state index contributed by atoms with van der Waals surface area (Å²) in [5.74, 6) is -0.549. The fraction of sp³-hybridized carbons (Fsp3) is 0.636. The van der Waals surface area contributed by atoms with Crippen LogP contribution in [0.4, 0.5) is 0 Å². The zero-order chi connectivity index (χ0) is 12.5. The topological polar surface area (TPSA) is 76.2 Å². The number of carboxylic acid groups (broad SMARTS) is 1. The number of rotatable bonds is 4. The smallest absolute Gasteiger partial charge is 0.347 e. The number of aromatic nitrogens is 1. The summed E-state index contributed by atoms with van der Waals surface area (Å²) in [7, 11) is 0. The molecule has 1 unspecified atom stereocenters. The van der Waals surface area contributed by atoms with E-state index in [1.807, 2.05) is 27.7 Å². The molecule has 0 bridgehead atoms. The molecule has 0 spiro atoms. The van der Waals surface area contributed by atoms with Crippen LogP contribution in [0.15, 0.2) is 0 Å². The Bertz CT molecular complexity index is 385. The van der Waals surface area contributed by atoms with Gasteiger partial charge < -0.3 is 10.8 Å². The zero-order valence-corrected chi connectivity index (χ0v) is 10.8. The molecule has 16 heavy (non-hydrogen) atoms. The number of hydrogen-bond donors (Lipinski definition) is 2. The van der Waals surface area contributed by atoms with Crippen molar-refractivity contribution in [2.75, 3.05) is 0 Å². The van der Waals surface area contributed by atoms with E-state index in [0.717, 1.165) is 5.01 Å². The van der Waals surface area contributed by atoms with Crippen LogP contribution in [-0.4, -0.2) is 16.1 Å². The maximum atomic E-state index is 11.1. The second-order valence-electron chi connectivity index (χ2n) is 4.50. The van der Waals surface area contributed by atoms with Crippen LogP contribution in [0, 0.1) is 5.92 Å². The maximum absolute atomic E-state index is 11.1. The molecule has 0 amide bonds. The van der Waals surface area contributed by atoms with Gasteiger partial charge in [-0.05, 0) is 11.8 Å². The molecule has 0 aromatic carbocycles. The molecule has 0 radical (unpaired) electrons. The highest BCUT2D eigenvalue weighted by molar-refractivity contribution is 7.13. The van der Waals surface area contributed by atoms with Gasteiger partial charge in [-0.2, -0.15) is 0 Å². The van der Waals surface area contributed by atoms with E-state index >= 15 is 0 Å². The summed E-state index contributed by atoms with van der Waals surface area (Å²) in [4.78, 5) is 15.7. The first-order valence-electron chi connectivity index (χ1n) is 5.34. The first-order valence-corrected chi connectivity index (χ1v) is 6.15. The molecule has 1 rings (SSSR count). The molecule has 0 aliphatic carbocycles. The van der Waals surface area contributed by atoms with E-state index in [-0.39, 0.29) is 17.9 Å². The number of carboxylic acids is 1. The van der Waals surface area contributed by atoms with Crippen molar-refractivity contribution >= 4 is 17.3 Å². The van der Waals surface area contributed by atoms with Crippen LogP contribution < -0.4 is 5.73 Å². The van der Waals surface area contributed by atoms with E-state index in [1.165, 1.54) is 11.3 Å². The van der Waals surface area contributed by atoms with Crippen LogP contribution in [0.5, 0.6) is 0 Å². The Labute approximate surface area is 99.5 Å². The van der Waals surface area contributed by atoms with Crippen molar-refractivity contribution in [2.24, 2.45) is 11.7 Å². The van der Waals surface area contributed by atoms with Crippen molar-refractivity contribution in [3.63, 3.8) is 0 Å². The van der Waals surface area contributed by atoms with Crippen molar-refractivity contribution in [3.05, 3.63) is 15.6 Å². The Balaban J connectivity index is 3.16. The molecule has 90 valence electrons. The number of carbonyl (C=O) groups is 1. The van der Waals surface area contributed by atoms with E-state index in [4.69, 9.17) is 10.8 Å². The van der Waals surface area contributed by atoms with Gasteiger partial charge in [0.05, 0.1) is 11.7 Å². The van der Waals surface area contributed by atoms with E-state index in [0.29, 0.717) is 10.6 Å². The molecule has 0 aliphatic rings. The molecule has 1 aromatic heterocycles. The first kappa shape index (κ1) is 13.1. The highest BCUT2D eigenvalue weighted by Crippen LogP contribution is 2.30. The molecule has 0 saturated heterocycles. The maximum Gasteiger partial charge on any atom is 0.347 e.